The first-order chi connectivity index (χ1) is 15.9. The normalized spacial score (nSPS) is 17.6. The maximum atomic E-state index is 14.0. The molecule has 2 N–H and O–H groups in total. The van der Waals surface area contributed by atoms with Crippen molar-refractivity contribution in [3.8, 4) is 0 Å². The number of hydrogen-bond donors (Lipinski definition) is 2. The van der Waals surface area contributed by atoms with Crippen LogP contribution in [0.15, 0.2) is 53.6 Å². The second-order valence-corrected chi connectivity index (χ2v) is 8.25. The third-order valence-corrected chi connectivity index (χ3v) is 6.05. The molecule has 0 radical (unpaired) electrons. The molecule has 8 nitrogen and oxygen atoms in total. The van der Waals surface area contributed by atoms with Crippen LogP contribution in [0.4, 0.5) is 14.6 Å². The molecule has 0 spiro atoms. The van der Waals surface area contributed by atoms with E-state index in [1.54, 1.807) is 33.6 Å². The van der Waals surface area contributed by atoms with Gasteiger partial charge in [-0.25, -0.2) is 9.50 Å². The monoisotopic (exact) mass is 455 g/mol. The van der Waals surface area contributed by atoms with Crippen LogP contribution in [0.2, 0.25) is 0 Å². The van der Waals surface area contributed by atoms with E-state index in [9.17, 15) is 13.6 Å². The second kappa shape index (κ2) is 8.20. The van der Waals surface area contributed by atoms with Crippen molar-refractivity contribution < 1.29 is 18.6 Å². The largest absolute Gasteiger partial charge is 0.390 e. The van der Waals surface area contributed by atoms with Crippen molar-refractivity contribution >= 4 is 22.4 Å². The Morgan fingerprint density at radius 1 is 1.33 bits per heavy atom. The Hall–Kier alpha value is -3.37. The molecule has 0 aliphatic carbocycles. The lowest BCUT2D eigenvalue weighted by molar-refractivity contribution is -0.0556. The summed E-state index contributed by atoms with van der Waals surface area (Å²) < 4.78 is 36.7. The maximum Gasteiger partial charge on any atom is 0.295 e. The number of halogens is 2. The first-order valence-corrected chi connectivity index (χ1v) is 10.7. The van der Waals surface area contributed by atoms with E-state index in [1.165, 1.54) is 24.3 Å². The molecular formula is C23H23F2N5O3. The zero-order valence-electron chi connectivity index (χ0n) is 17.9. The standard InChI is InChI=1S/C23H23F2N5O3/c1-14(15-3-2-4-16(9-15)23(24,25)13-31)27-22-18-11-29(17-6-8-33-12-17)21(32)10-19(18)30-20(28-22)5-7-26-30/h2-5,7,9-11,14,17,31H,6,8,12-13H2,1H3,(H,27,28)/t14?,17-/m0/s1. The van der Waals surface area contributed by atoms with Gasteiger partial charge in [0.2, 0.25) is 0 Å². The van der Waals surface area contributed by atoms with Crippen molar-refractivity contribution in [2.24, 2.45) is 0 Å². The van der Waals surface area contributed by atoms with Crippen LogP contribution < -0.4 is 10.9 Å². The minimum atomic E-state index is -3.32. The van der Waals surface area contributed by atoms with Crippen LogP contribution in [-0.2, 0) is 10.7 Å². The molecule has 5 rings (SSSR count). The fourth-order valence-corrected chi connectivity index (χ4v) is 4.19. The zero-order chi connectivity index (χ0) is 23.2. The molecule has 1 aliphatic rings. The SMILES string of the molecule is CC(Nc1nc2ccnn2c2cc(=O)n([C@H]3CCOC3)cc12)c1cccc(C(F)(F)CO)c1. The van der Waals surface area contributed by atoms with Crippen molar-refractivity contribution in [3.63, 3.8) is 0 Å². The van der Waals surface area contributed by atoms with Crippen molar-refractivity contribution in [3.05, 3.63) is 70.3 Å². The fourth-order valence-electron chi connectivity index (χ4n) is 4.19. The van der Waals surface area contributed by atoms with Gasteiger partial charge in [-0.1, -0.05) is 18.2 Å². The Morgan fingerprint density at radius 3 is 2.94 bits per heavy atom. The molecule has 4 heterocycles. The lowest BCUT2D eigenvalue weighted by Crippen LogP contribution is -2.24. The molecule has 172 valence electrons. The Bertz CT molecular complexity index is 1380. The molecule has 33 heavy (non-hydrogen) atoms. The molecular weight excluding hydrogens is 432 g/mol. The van der Waals surface area contributed by atoms with E-state index in [0.717, 1.165) is 6.42 Å². The number of aliphatic hydroxyl groups excluding tert-OH is 1. The van der Waals surface area contributed by atoms with Crippen molar-refractivity contribution in [1.82, 2.24) is 19.2 Å². The van der Waals surface area contributed by atoms with Crippen molar-refractivity contribution in [2.45, 2.75) is 31.4 Å². The summed E-state index contributed by atoms with van der Waals surface area (Å²) in [4.78, 5) is 17.5. The molecule has 10 heteroatoms. The molecule has 1 aliphatic heterocycles. The van der Waals surface area contributed by atoms with E-state index in [0.29, 0.717) is 41.1 Å². The number of rotatable bonds is 6. The highest BCUT2D eigenvalue weighted by atomic mass is 19.3. The van der Waals surface area contributed by atoms with Gasteiger partial charge in [-0.2, -0.15) is 13.9 Å². The predicted octanol–water partition coefficient (Wildman–Crippen LogP) is 3.26. The van der Waals surface area contributed by atoms with E-state index in [1.807, 2.05) is 6.92 Å². The number of anilines is 1. The van der Waals surface area contributed by atoms with Crippen LogP contribution in [0.5, 0.6) is 0 Å². The summed E-state index contributed by atoms with van der Waals surface area (Å²) in [6.45, 7) is 1.65. The quantitative estimate of drug-likeness (QED) is 0.464. The van der Waals surface area contributed by atoms with Gasteiger partial charge in [-0.3, -0.25) is 4.79 Å². The highest BCUT2D eigenvalue weighted by molar-refractivity contribution is 5.90. The summed E-state index contributed by atoms with van der Waals surface area (Å²) in [5, 5.41) is 17.3. The number of pyridine rings is 1. The lowest BCUT2D eigenvalue weighted by atomic mass is 10.0. The van der Waals surface area contributed by atoms with Gasteiger partial charge in [-0.05, 0) is 25.0 Å². The van der Waals surface area contributed by atoms with Gasteiger partial charge >= 0.3 is 0 Å². The minimum absolute atomic E-state index is 0.0575. The highest BCUT2D eigenvalue weighted by Crippen LogP contribution is 2.31. The third kappa shape index (κ3) is 3.85. The Balaban J connectivity index is 1.59. The molecule has 1 unspecified atom stereocenters. The number of aromatic nitrogens is 4. The van der Waals surface area contributed by atoms with Crippen LogP contribution in [0.1, 0.15) is 36.6 Å². The number of alkyl halides is 2. The van der Waals surface area contributed by atoms with Gasteiger partial charge in [0.15, 0.2) is 5.65 Å². The summed E-state index contributed by atoms with van der Waals surface area (Å²) in [5.74, 6) is -2.81. The molecule has 1 fully saturated rings. The number of nitrogens with one attached hydrogen (secondary N) is 1. The third-order valence-electron chi connectivity index (χ3n) is 6.05. The van der Waals surface area contributed by atoms with Gasteiger partial charge in [0.25, 0.3) is 11.5 Å². The molecule has 1 saturated heterocycles. The molecule has 0 bridgehead atoms. The van der Waals surface area contributed by atoms with Gasteiger partial charge in [0.1, 0.15) is 12.4 Å². The van der Waals surface area contributed by atoms with Gasteiger partial charge in [0.05, 0.1) is 29.7 Å². The van der Waals surface area contributed by atoms with Gasteiger partial charge in [-0.15, -0.1) is 0 Å². The van der Waals surface area contributed by atoms with Crippen LogP contribution in [0, 0.1) is 0 Å². The van der Waals surface area contributed by atoms with Gasteiger partial charge in [0, 0.05) is 36.5 Å². The Labute approximate surface area is 187 Å². The topological polar surface area (TPSA) is 93.7 Å². The van der Waals surface area contributed by atoms with Crippen LogP contribution in [0.3, 0.4) is 0 Å². The van der Waals surface area contributed by atoms with Crippen LogP contribution >= 0.6 is 0 Å². The van der Waals surface area contributed by atoms with E-state index >= 15 is 0 Å². The summed E-state index contributed by atoms with van der Waals surface area (Å²) in [7, 11) is 0. The number of benzene rings is 1. The maximum absolute atomic E-state index is 14.0. The summed E-state index contributed by atoms with van der Waals surface area (Å²) in [6.07, 6.45) is 4.11. The second-order valence-electron chi connectivity index (χ2n) is 8.25. The smallest absolute Gasteiger partial charge is 0.295 e. The number of ether oxygens (including phenoxy) is 1. The molecule has 4 aromatic rings. The lowest BCUT2D eigenvalue weighted by Gasteiger charge is -2.20. The van der Waals surface area contributed by atoms with E-state index in [2.05, 4.69) is 15.4 Å². The van der Waals surface area contributed by atoms with E-state index < -0.39 is 12.5 Å². The van der Waals surface area contributed by atoms with Crippen LogP contribution in [-0.4, -0.2) is 44.1 Å². The summed E-state index contributed by atoms with van der Waals surface area (Å²) in [5.41, 5.74) is 1.36. The average Bonchev–Trinajstić information content (AvgIpc) is 3.51. The predicted molar refractivity (Wildman–Crippen MR) is 119 cm³/mol. The van der Waals surface area contributed by atoms with E-state index in [-0.39, 0.29) is 23.2 Å². The molecule has 1 aromatic carbocycles. The highest BCUT2D eigenvalue weighted by Gasteiger charge is 2.31. The number of hydrogen-bond acceptors (Lipinski definition) is 6. The Morgan fingerprint density at radius 2 is 2.18 bits per heavy atom. The van der Waals surface area contributed by atoms with E-state index in [4.69, 9.17) is 9.84 Å². The fraction of sp³-hybridized carbons (Fsp3) is 0.348. The van der Waals surface area contributed by atoms with Gasteiger partial charge < -0.3 is 19.7 Å². The minimum Gasteiger partial charge on any atom is -0.390 e. The first-order valence-electron chi connectivity index (χ1n) is 10.7. The number of aliphatic hydroxyl groups is 1. The molecule has 0 saturated carbocycles. The first kappa shape index (κ1) is 21.5. The molecule has 0 amide bonds. The zero-order valence-corrected chi connectivity index (χ0v) is 17.9. The number of fused-ring (bicyclic) bond motifs is 3. The average molecular weight is 455 g/mol. The Kier molecular flexibility index (Phi) is 5.34. The van der Waals surface area contributed by atoms with Crippen molar-refractivity contribution in [2.75, 3.05) is 25.1 Å². The summed E-state index contributed by atoms with van der Waals surface area (Å²) in [6, 6.07) is 8.77. The van der Waals surface area contributed by atoms with Crippen LogP contribution in [0.25, 0.3) is 16.6 Å². The molecule has 2 atom stereocenters. The summed E-state index contributed by atoms with van der Waals surface area (Å²) >= 11 is 0. The van der Waals surface area contributed by atoms with Crippen molar-refractivity contribution in [1.29, 1.82) is 0 Å². The number of nitrogens with zero attached hydrogens (tertiary/aromatic N) is 4. The molecule has 3 aromatic heterocycles.